The number of rotatable bonds is 4. The molecule has 7 nitrogen and oxygen atoms in total. The molecule has 126 valence electrons. The molecule has 0 spiro atoms. The minimum atomic E-state index is -3.67. The van der Waals surface area contributed by atoms with Gasteiger partial charge < -0.3 is 14.8 Å². The number of amides is 1. The molecule has 1 saturated carbocycles. The topological polar surface area (TPSA) is 78.3 Å². The lowest BCUT2D eigenvalue weighted by molar-refractivity contribution is -0.286. The first kappa shape index (κ1) is 14.9. The second-order valence-electron chi connectivity index (χ2n) is 5.82. The van der Waals surface area contributed by atoms with E-state index >= 15 is 0 Å². The summed E-state index contributed by atoms with van der Waals surface area (Å²) in [5.41, 5.74) is -0.144. The molecule has 1 aliphatic carbocycles. The average Bonchev–Trinajstić information content (AvgIpc) is 3.12. The van der Waals surface area contributed by atoms with E-state index in [0.29, 0.717) is 30.8 Å². The van der Waals surface area contributed by atoms with Crippen LogP contribution in [0.1, 0.15) is 25.3 Å². The Balaban J connectivity index is 1.56. The molecule has 0 unspecified atom stereocenters. The summed E-state index contributed by atoms with van der Waals surface area (Å²) in [7, 11) is 0. The van der Waals surface area contributed by atoms with Gasteiger partial charge in [-0.25, -0.2) is 0 Å². The van der Waals surface area contributed by atoms with Crippen molar-refractivity contribution in [2.45, 2.75) is 38.0 Å². The standard InChI is InChI=1S/C15H14F2N4O3/c1-2-21-8-12(19-20-21)18-13(22)14(5-6-14)9-3-4-10-11(7-9)24-15(16,17)23-10/h3-4,7-8H,2,5-6H2,1H3,(H,18,22). The third kappa shape index (κ3) is 2.36. The van der Waals surface area contributed by atoms with E-state index in [1.807, 2.05) is 6.92 Å². The number of halogens is 2. The Morgan fingerprint density at radius 3 is 2.75 bits per heavy atom. The zero-order valence-electron chi connectivity index (χ0n) is 12.8. The van der Waals surface area contributed by atoms with Gasteiger partial charge in [0.25, 0.3) is 0 Å². The van der Waals surface area contributed by atoms with Crippen LogP contribution in [0, 0.1) is 0 Å². The quantitative estimate of drug-likeness (QED) is 0.927. The van der Waals surface area contributed by atoms with Gasteiger partial charge in [0, 0.05) is 6.54 Å². The number of benzene rings is 1. The third-order valence-electron chi connectivity index (χ3n) is 4.24. The van der Waals surface area contributed by atoms with Crippen LogP contribution in [-0.4, -0.2) is 27.2 Å². The Labute approximate surface area is 135 Å². The van der Waals surface area contributed by atoms with Crippen LogP contribution in [-0.2, 0) is 16.8 Å². The number of aromatic nitrogens is 3. The van der Waals surface area contributed by atoms with Crippen molar-refractivity contribution in [2.24, 2.45) is 0 Å². The van der Waals surface area contributed by atoms with Crippen LogP contribution in [0.2, 0.25) is 0 Å². The van der Waals surface area contributed by atoms with Crippen molar-refractivity contribution in [3.05, 3.63) is 30.0 Å². The molecule has 2 aromatic rings. The molecule has 0 saturated heterocycles. The molecule has 9 heteroatoms. The summed E-state index contributed by atoms with van der Waals surface area (Å²) in [6.45, 7) is 2.55. The number of ether oxygens (including phenoxy) is 2. The monoisotopic (exact) mass is 336 g/mol. The number of anilines is 1. The molecule has 1 fully saturated rings. The predicted octanol–water partition coefficient (Wildman–Crippen LogP) is 2.29. The van der Waals surface area contributed by atoms with Gasteiger partial charge in [0.05, 0.1) is 11.6 Å². The molecule has 1 aromatic carbocycles. The van der Waals surface area contributed by atoms with Crippen molar-refractivity contribution in [2.75, 3.05) is 5.32 Å². The number of nitrogens with one attached hydrogen (secondary N) is 1. The summed E-state index contributed by atoms with van der Waals surface area (Å²) in [5, 5.41) is 10.5. The number of carbonyl (C=O) groups is 1. The Bertz CT molecular complexity index is 817. The molecule has 0 bridgehead atoms. The van der Waals surface area contributed by atoms with Crippen LogP contribution in [0.5, 0.6) is 11.5 Å². The Morgan fingerprint density at radius 2 is 2.08 bits per heavy atom. The van der Waals surface area contributed by atoms with Gasteiger partial charge >= 0.3 is 6.29 Å². The molecule has 2 heterocycles. The fourth-order valence-electron chi connectivity index (χ4n) is 2.76. The van der Waals surface area contributed by atoms with Gasteiger partial charge in [0.15, 0.2) is 17.3 Å². The number of hydrogen-bond donors (Lipinski definition) is 1. The number of fused-ring (bicyclic) bond motifs is 1. The number of aryl methyl sites for hydroxylation is 1. The Hall–Kier alpha value is -2.71. The van der Waals surface area contributed by atoms with Crippen LogP contribution in [0.25, 0.3) is 0 Å². The maximum absolute atomic E-state index is 13.1. The molecule has 0 radical (unpaired) electrons. The van der Waals surface area contributed by atoms with E-state index in [4.69, 9.17) is 0 Å². The Morgan fingerprint density at radius 1 is 1.33 bits per heavy atom. The van der Waals surface area contributed by atoms with Crippen molar-refractivity contribution in [1.82, 2.24) is 15.0 Å². The molecular formula is C15H14F2N4O3. The number of nitrogens with zero attached hydrogens (tertiary/aromatic N) is 3. The maximum Gasteiger partial charge on any atom is 0.586 e. The highest BCUT2D eigenvalue weighted by Gasteiger charge is 2.53. The number of alkyl halides is 2. The van der Waals surface area contributed by atoms with Gasteiger partial charge in [-0.3, -0.25) is 9.48 Å². The fourth-order valence-corrected chi connectivity index (χ4v) is 2.76. The lowest BCUT2D eigenvalue weighted by Gasteiger charge is -2.14. The van der Waals surface area contributed by atoms with Gasteiger partial charge in [-0.2, -0.15) is 0 Å². The second kappa shape index (κ2) is 4.89. The average molecular weight is 336 g/mol. The molecule has 1 amide bonds. The van der Waals surface area contributed by atoms with E-state index < -0.39 is 11.7 Å². The van der Waals surface area contributed by atoms with Crippen LogP contribution in [0.15, 0.2) is 24.4 Å². The first-order chi connectivity index (χ1) is 11.4. The van der Waals surface area contributed by atoms with Crippen LogP contribution < -0.4 is 14.8 Å². The summed E-state index contributed by atoms with van der Waals surface area (Å²) in [4.78, 5) is 12.6. The summed E-state index contributed by atoms with van der Waals surface area (Å²) in [6, 6.07) is 4.44. The Kier molecular flexibility index (Phi) is 3.03. The molecule has 2 aliphatic rings. The molecule has 1 aliphatic heterocycles. The zero-order valence-corrected chi connectivity index (χ0v) is 12.8. The van der Waals surface area contributed by atoms with Gasteiger partial charge in [0.2, 0.25) is 5.91 Å². The molecular weight excluding hydrogens is 322 g/mol. The fraction of sp³-hybridized carbons (Fsp3) is 0.400. The van der Waals surface area contributed by atoms with Crippen molar-refractivity contribution >= 4 is 11.7 Å². The lowest BCUT2D eigenvalue weighted by atomic mass is 9.94. The van der Waals surface area contributed by atoms with Crippen LogP contribution in [0.3, 0.4) is 0 Å². The predicted molar refractivity (Wildman–Crippen MR) is 77.9 cm³/mol. The van der Waals surface area contributed by atoms with E-state index in [-0.39, 0.29) is 17.4 Å². The van der Waals surface area contributed by atoms with Gasteiger partial charge in [-0.15, -0.1) is 13.9 Å². The summed E-state index contributed by atoms with van der Waals surface area (Å²) < 4.78 is 36.7. The molecule has 1 N–H and O–H groups in total. The largest absolute Gasteiger partial charge is 0.586 e. The highest BCUT2D eigenvalue weighted by molar-refractivity contribution is 6.00. The molecule has 4 rings (SSSR count). The van der Waals surface area contributed by atoms with Crippen molar-refractivity contribution < 1.29 is 23.0 Å². The van der Waals surface area contributed by atoms with Gasteiger partial charge in [-0.05, 0) is 37.5 Å². The summed E-state index contributed by atoms with van der Waals surface area (Å²) >= 11 is 0. The third-order valence-corrected chi connectivity index (χ3v) is 4.24. The second-order valence-corrected chi connectivity index (χ2v) is 5.82. The first-order valence-corrected chi connectivity index (χ1v) is 7.54. The van der Waals surface area contributed by atoms with Crippen molar-refractivity contribution in [3.63, 3.8) is 0 Å². The van der Waals surface area contributed by atoms with E-state index in [1.54, 1.807) is 16.9 Å². The highest BCUT2D eigenvalue weighted by atomic mass is 19.3. The smallest absolute Gasteiger partial charge is 0.395 e. The van der Waals surface area contributed by atoms with E-state index in [1.165, 1.54) is 12.1 Å². The molecule has 1 aromatic heterocycles. The van der Waals surface area contributed by atoms with Gasteiger partial charge in [-0.1, -0.05) is 11.3 Å². The minimum absolute atomic E-state index is 0.0363. The number of carbonyl (C=O) groups excluding carboxylic acids is 1. The van der Waals surface area contributed by atoms with Crippen molar-refractivity contribution in [3.8, 4) is 11.5 Å². The van der Waals surface area contributed by atoms with Crippen molar-refractivity contribution in [1.29, 1.82) is 0 Å². The summed E-state index contributed by atoms with van der Waals surface area (Å²) in [5.74, 6) is 0.0241. The van der Waals surface area contributed by atoms with Gasteiger partial charge in [0.1, 0.15) is 0 Å². The molecule has 0 atom stereocenters. The molecule has 24 heavy (non-hydrogen) atoms. The normalized spacial score (nSPS) is 19.1. The highest BCUT2D eigenvalue weighted by Crippen LogP contribution is 2.52. The maximum atomic E-state index is 13.1. The first-order valence-electron chi connectivity index (χ1n) is 7.54. The van der Waals surface area contributed by atoms with E-state index in [2.05, 4.69) is 25.1 Å². The van der Waals surface area contributed by atoms with E-state index in [0.717, 1.165) is 0 Å². The summed E-state index contributed by atoms with van der Waals surface area (Å²) in [6.07, 6.45) is -0.791. The van der Waals surface area contributed by atoms with E-state index in [9.17, 15) is 13.6 Å². The SMILES string of the molecule is CCn1cc(NC(=O)C2(c3ccc4c(c3)OC(F)(F)O4)CC2)nn1. The lowest BCUT2D eigenvalue weighted by Crippen LogP contribution is -2.28. The van der Waals surface area contributed by atoms with Crippen LogP contribution >= 0.6 is 0 Å². The zero-order chi connectivity index (χ0) is 16.9. The van der Waals surface area contributed by atoms with Crippen LogP contribution in [0.4, 0.5) is 14.6 Å². The number of hydrogen-bond acceptors (Lipinski definition) is 5. The minimum Gasteiger partial charge on any atom is -0.395 e.